The third-order valence-corrected chi connectivity index (χ3v) is 5.09. The highest BCUT2D eigenvalue weighted by Gasteiger charge is 2.10. The van der Waals surface area contributed by atoms with Crippen molar-refractivity contribution in [2.75, 3.05) is 5.73 Å². The molecule has 4 heteroatoms. The topological polar surface area (TPSA) is 43.1 Å². The minimum atomic E-state index is -1.07. The highest BCUT2D eigenvalue weighted by atomic mass is 79.9. The zero-order valence-electron chi connectivity index (χ0n) is 10.0. The maximum atomic E-state index is 12.3. The average molecular weight is 324 g/mol. The van der Waals surface area contributed by atoms with Gasteiger partial charge in [-0.05, 0) is 52.2 Å². The first kappa shape index (κ1) is 13.3. The van der Waals surface area contributed by atoms with Gasteiger partial charge in [0.15, 0.2) is 0 Å². The number of anilines is 1. The molecule has 0 fully saturated rings. The molecule has 2 aromatic carbocycles. The van der Waals surface area contributed by atoms with Crippen molar-refractivity contribution in [3.05, 3.63) is 58.1 Å². The smallest absolute Gasteiger partial charge is 0.0585 e. The molecule has 0 aliphatic carbocycles. The highest BCUT2D eigenvalue weighted by Crippen LogP contribution is 2.25. The first-order valence-corrected chi connectivity index (χ1v) is 7.67. The lowest BCUT2D eigenvalue weighted by molar-refractivity contribution is 0.682. The SMILES string of the molecule is Cc1ccccc1CS(=O)c1ccc(N)cc1Br. The molecule has 0 saturated heterocycles. The van der Waals surface area contributed by atoms with Crippen LogP contribution in [0.25, 0.3) is 0 Å². The molecule has 0 spiro atoms. The van der Waals surface area contributed by atoms with E-state index in [1.54, 1.807) is 12.1 Å². The summed E-state index contributed by atoms with van der Waals surface area (Å²) in [5.74, 6) is 0.523. The summed E-state index contributed by atoms with van der Waals surface area (Å²) in [6.07, 6.45) is 0. The number of nitrogens with two attached hydrogens (primary N) is 1. The van der Waals surface area contributed by atoms with Gasteiger partial charge in [0.05, 0.1) is 21.4 Å². The van der Waals surface area contributed by atoms with Crippen LogP contribution in [0.2, 0.25) is 0 Å². The van der Waals surface area contributed by atoms with E-state index in [0.717, 1.165) is 20.5 Å². The molecule has 1 atom stereocenters. The van der Waals surface area contributed by atoms with Gasteiger partial charge in [0.2, 0.25) is 0 Å². The molecule has 0 heterocycles. The van der Waals surface area contributed by atoms with E-state index < -0.39 is 10.8 Å². The molecule has 0 aliphatic heterocycles. The molecule has 0 amide bonds. The molecule has 0 bridgehead atoms. The van der Waals surface area contributed by atoms with E-state index in [0.29, 0.717) is 11.4 Å². The Balaban J connectivity index is 2.25. The predicted molar refractivity (Wildman–Crippen MR) is 79.8 cm³/mol. The molecule has 0 saturated carbocycles. The Labute approximate surface area is 118 Å². The fraction of sp³-hybridized carbons (Fsp3) is 0.143. The van der Waals surface area contributed by atoms with Gasteiger partial charge in [-0.25, -0.2) is 0 Å². The summed E-state index contributed by atoms with van der Waals surface area (Å²) >= 11 is 3.41. The number of benzene rings is 2. The van der Waals surface area contributed by atoms with Crippen molar-refractivity contribution >= 4 is 32.4 Å². The van der Waals surface area contributed by atoms with Gasteiger partial charge in [-0.2, -0.15) is 0 Å². The van der Waals surface area contributed by atoms with Crippen molar-refractivity contribution in [3.8, 4) is 0 Å². The molecule has 0 radical (unpaired) electrons. The first-order valence-electron chi connectivity index (χ1n) is 5.56. The maximum Gasteiger partial charge on any atom is 0.0585 e. The molecule has 18 heavy (non-hydrogen) atoms. The number of halogens is 1. The number of hydrogen-bond donors (Lipinski definition) is 1. The summed E-state index contributed by atoms with van der Waals surface area (Å²) in [6.45, 7) is 2.03. The van der Waals surface area contributed by atoms with Gasteiger partial charge in [0.1, 0.15) is 0 Å². The molecular formula is C14H14BrNOS. The first-order chi connectivity index (χ1) is 8.58. The Bertz CT molecular complexity index is 598. The summed E-state index contributed by atoms with van der Waals surface area (Å²) in [6, 6.07) is 13.4. The van der Waals surface area contributed by atoms with Crippen molar-refractivity contribution in [3.63, 3.8) is 0 Å². The Morgan fingerprint density at radius 3 is 2.61 bits per heavy atom. The number of nitrogen functional groups attached to an aromatic ring is 1. The largest absolute Gasteiger partial charge is 0.399 e. The van der Waals surface area contributed by atoms with E-state index in [1.807, 2.05) is 37.3 Å². The van der Waals surface area contributed by atoms with Gasteiger partial charge in [0, 0.05) is 10.2 Å². The standard InChI is InChI=1S/C14H14BrNOS/c1-10-4-2-3-5-11(10)9-18(17)14-7-6-12(16)8-13(14)15/h2-8H,9,16H2,1H3. The van der Waals surface area contributed by atoms with Gasteiger partial charge in [-0.15, -0.1) is 0 Å². The van der Waals surface area contributed by atoms with Crippen LogP contribution in [0.5, 0.6) is 0 Å². The second kappa shape index (κ2) is 5.67. The third kappa shape index (κ3) is 3.00. The van der Waals surface area contributed by atoms with E-state index in [-0.39, 0.29) is 0 Å². The Hall–Kier alpha value is -1.13. The Morgan fingerprint density at radius 2 is 1.94 bits per heavy atom. The highest BCUT2D eigenvalue weighted by molar-refractivity contribution is 9.10. The van der Waals surface area contributed by atoms with Gasteiger partial charge < -0.3 is 5.73 Å². The number of rotatable bonds is 3. The molecule has 1 unspecified atom stereocenters. The summed E-state index contributed by atoms with van der Waals surface area (Å²) in [5.41, 5.74) is 8.62. The maximum absolute atomic E-state index is 12.3. The van der Waals surface area contributed by atoms with Crippen LogP contribution < -0.4 is 5.73 Å². The van der Waals surface area contributed by atoms with Gasteiger partial charge in [0.25, 0.3) is 0 Å². The summed E-state index contributed by atoms with van der Waals surface area (Å²) in [4.78, 5) is 0.785. The average Bonchev–Trinajstić information content (AvgIpc) is 2.32. The van der Waals surface area contributed by atoms with Crippen molar-refractivity contribution in [2.24, 2.45) is 0 Å². The predicted octanol–water partition coefficient (Wildman–Crippen LogP) is 3.65. The van der Waals surface area contributed by atoms with Crippen LogP contribution in [0.3, 0.4) is 0 Å². The summed E-state index contributed by atoms with van der Waals surface area (Å²) in [7, 11) is -1.07. The molecular weight excluding hydrogens is 310 g/mol. The molecule has 2 rings (SSSR count). The van der Waals surface area contributed by atoms with Crippen LogP contribution in [-0.2, 0) is 16.6 Å². The van der Waals surface area contributed by atoms with Crippen LogP contribution in [0.15, 0.2) is 51.8 Å². The van der Waals surface area contributed by atoms with E-state index >= 15 is 0 Å². The molecule has 94 valence electrons. The quantitative estimate of drug-likeness (QED) is 0.876. The van der Waals surface area contributed by atoms with Gasteiger partial charge in [-0.3, -0.25) is 4.21 Å². The molecule has 2 nitrogen and oxygen atoms in total. The second-order valence-electron chi connectivity index (χ2n) is 4.11. The fourth-order valence-electron chi connectivity index (χ4n) is 1.69. The van der Waals surface area contributed by atoms with Crippen molar-refractivity contribution in [1.82, 2.24) is 0 Å². The van der Waals surface area contributed by atoms with Crippen LogP contribution in [0.1, 0.15) is 11.1 Å². The number of aryl methyl sites for hydroxylation is 1. The van der Waals surface area contributed by atoms with E-state index in [9.17, 15) is 4.21 Å². The van der Waals surface area contributed by atoms with Crippen molar-refractivity contribution < 1.29 is 4.21 Å². The molecule has 0 aliphatic rings. The number of hydrogen-bond acceptors (Lipinski definition) is 2. The van der Waals surface area contributed by atoms with Crippen LogP contribution in [0, 0.1) is 6.92 Å². The summed E-state index contributed by atoms with van der Waals surface area (Å²) < 4.78 is 13.1. The van der Waals surface area contributed by atoms with Gasteiger partial charge in [-0.1, -0.05) is 24.3 Å². The second-order valence-corrected chi connectivity index (χ2v) is 6.38. The van der Waals surface area contributed by atoms with E-state index in [4.69, 9.17) is 5.73 Å². The van der Waals surface area contributed by atoms with Crippen LogP contribution >= 0.6 is 15.9 Å². The van der Waals surface area contributed by atoms with E-state index in [1.165, 1.54) is 0 Å². The molecule has 0 aromatic heterocycles. The zero-order chi connectivity index (χ0) is 13.1. The minimum Gasteiger partial charge on any atom is -0.399 e. The lowest BCUT2D eigenvalue weighted by Gasteiger charge is -2.08. The van der Waals surface area contributed by atoms with E-state index in [2.05, 4.69) is 15.9 Å². The fourth-order valence-corrected chi connectivity index (χ4v) is 3.89. The Kier molecular flexibility index (Phi) is 4.19. The van der Waals surface area contributed by atoms with Gasteiger partial charge >= 0.3 is 0 Å². The zero-order valence-corrected chi connectivity index (χ0v) is 12.4. The van der Waals surface area contributed by atoms with Crippen molar-refractivity contribution in [2.45, 2.75) is 17.6 Å². The monoisotopic (exact) mass is 323 g/mol. The Morgan fingerprint density at radius 1 is 1.22 bits per heavy atom. The van der Waals surface area contributed by atoms with Crippen LogP contribution in [0.4, 0.5) is 5.69 Å². The normalized spacial score (nSPS) is 12.3. The lowest BCUT2D eigenvalue weighted by Crippen LogP contribution is -2.00. The third-order valence-electron chi connectivity index (χ3n) is 2.75. The van der Waals surface area contributed by atoms with Crippen molar-refractivity contribution in [1.29, 1.82) is 0 Å². The summed E-state index contributed by atoms with van der Waals surface area (Å²) in [5, 5.41) is 0. The minimum absolute atomic E-state index is 0.523. The molecule has 2 aromatic rings. The van der Waals surface area contributed by atoms with Crippen LogP contribution in [-0.4, -0.2) is 4.21 Å². The lowest BCUT2D eigenvalue weighted by atomic mass is 10.1. The molecule has 2 N–H and O–H groups in total.